The van der Waals surface area contributed by atoms with Crippen molar-refractivity contribution in [3.05, 3.63) is 88.5 Å². The maximum atomic E-state index is 13.2. The van der Waals surface area contributed by atoms with E-state index in [0.29, 0.717) is 23.5 Å². The van der Waals surface area contributed by atoms with Gasteiger partial charge < -0.3 is 5.32 Å². The first-order valence-electron chi connectivity index (χ1n) is 10.4. The Hall–Kier alpha value is -3.12. The molecule has 0 saturated carbocycles. The second kappa shape index (κ2) is 8.19. The maximum Gasteiger partial charge on any atom is 0.264 e. The van der Waals surface area contributed by atoms with Crippen LogP contribution in [0.3, 0.4) is 0 Å². The summed E-state index contributed by atoms with van der Waals surface area (Å²) in [5.74, 6) is -0.153. The molecular weight excluding hydrogens is 408 g/mol. The molecule has 0 saturated heterocycles. The molecule has 1 aliphatic heterocycles. The third-order valence-corrected chi connectivity index (χ3v) is 7.48. The van der Waals surface area contributed by atoms with E-state index in [0.717, 1.165) is 35.1 Å². The van der Waals surface area contributed by atoms with Gasteiger partial charge in [0.2, 0.25) is 0 Å². The number of anilines is 2. The number of hydrogen-bond donors (Lipinski definition) is 1. The number of carbonyl (C=O) groups excluding carboxylic acids is 1. The number of fused-ring (bicyclic) bond motifs is 1. The molecule has 160 valence electrons. The van der Waals surface area contributed by atoms with E-state index in [2.05, 4.69) is 5.32 Å². The van der Waals surface area contributed by atoms with E-state index < -0.39 is 10.0 Å². The topological polar surface area (TPSA) is 66.5 Å². The summed E-state index contributed by atoms with van der Waals surface area (Å²) in [6.45, 7) is 6.33. The van der Waals surface area contributed by atoms with E-state index in [1.165, 1.54) is 4.31 Å². The van der Waals surface area contributed by atoms with Crippen molar-refractivity contribution < 1.29 is 13.2 Å². The predicted molar refractivity (Wildman–Crippen MR) is 124 cm³/mol. The number of nitrogens with one attached hydrogen (secondary N) is 1. The van der Waals surface area contributed by atoms with Crippen LogP contribution in [0.2, 0.25) is 0 Å². The van der Waals surface area contributed by atoms with Crippen LogP contribution in [0, 0.1) is 20.8 Å². The van der Waals surface area contributed by atoms with Crippen molar-refractivity contribution in [2.24, 2.45) is 0 Å². The SMILES string of the molecule is Cc1cc(C)c(C(=O)Nc2ccc3c(c2)CCCN3S(=O)(=O)c2ccccc2)c(C)c1. The summed E-state index contributed by atoms with van der Waals surface area (Å²) < 4.78 is 27.8. The van der Waals surface area contributed by atoms with E-state index >= 15 is 0 Å². The molecule has 5 nitrogen and oxygen atoms in total. The van der Waals surface area contributed by atoms with Gasteiger partial charge in [0.1, 0.15) is 0 Å². The average molecular weight is 435 g/mol. The normalized spacial score (nSPS) is 13.6. The zero-order chi connectivity index (χ0) is 22.2. The van der Waals surface area contributed by atoms with E-state index in [1.54, 1.807) is 42.5 Å². The first kappa shape index (κ1) is 21.1. The highest BCUT2D eigenvalue weighted by Crippen LogP contribution is 2.34. The number of amides is 1. The van der Waals surface area contributed by atoms with Crippen molar-refractivity contribution in [2.45, 2.75) is 38.5 Å². The van der Waals surface area contributed by atoms with Crippen LogP contribution in [0.4, 0.5) is 11.4 Å². The summed E-state index contributed by atoms with van der Waals surface area (Å²) in [4.78, 5) is 13.2. The predicted octanol–water partition coefficient (Wildman–Crippen LogP) is 5.01. The first-order chi connectivity index (χ1) is 14.8. The van der Waals surface area contributed by atoms with Gasteiger partial charge in [-0.05, 0) is 80.6 Å². The van der Waals surface area contributed by atoms with E-state index in [1.807, 2.05) is 39.0 Å². The third-order valence-electron chi connectivity index (χ3n) is 5.65. The standard InChI is InChI=1S/C25H26N2O3S/c1-17-14-18(2)24(19(3)15-17)25(28)26-21-11-12-23-20(16-21)8-7-13-27(23)31(29,30)22-9-5-4-6-10-22/h4-6,9-12,14-16H,7-8,13H2,1-3H3,(H,26,28). The van der Waals surface area contributed by atoms with Crippen LogP contribution >= 0.6 is 0 Å². The van der Waals surface area contributed by atoms with Crippen molar-refractivity contribution in [1.29, 1.82) is 0 Å². The van der Waals surface area contributed by atoms with E-state index in [4.69, 9.17) is 0 Å². The summed E-state index contributed by atoms with van der Waals surface area (Å²) in [7, 11) is -3.62. The van der Waals surface area contributed by atoms with Gasteiger partial charge >= 0.3 is 0 Å². The molecule has 3 aromatic rings. The van der Waals surface area contributed by atoms with Gasteiger partial charge in [0, 0.05) is 17.8 Å². The van der Waals surface area contributed by atoms with Crippen LogP contribution in [0.5, 0.6) is 0 Å². The third kappa shape index (κ3) is 4.08. The largest absolute Gasteiger partial charge is 0.322 e. The average Bonchev–Trinajstić information content (AvgIpc) is 2.73. The number of nitrogens with zero attached hydrogens (tertiary/aromatic N) is 1. The smallest absolute Gasteiger partial charge is 0.264 e. The quantitative estimate of drug-likeness (QED) is 0.628. The zero-order valence-corrected chi connectivity index (χ0v) is 18.8. The molecule has 1 aliphatic rings. The van der Waals surface area contributed by atoms with Gasteiger partial charge in [0.25, 0.3) is 15.9 Å². The number of hydrogen-bond acceptors (Lipinski definition) is 3. The zero-order valence-electron chi connectivity index (χ0n) is 18.0. The van der Waals surface area contributed by atoms with Gasteiger partial charge in [0.05, 0.1) is 10.6 Å². The lowest BCUT2D eigenvalue weighted by molar-refractivity contribution is 0.102. The Morgan fingerprint density at radius 1 is 0.935 bits per heavy atom. The molecule has 0 fully saturated rings. The summed E-state index contributed by atoms with van der Waals surface area (Å²) in [5, 5.41) is 2.99. The lowest BCUT2D eigenvalue weighted by Crippen LogP contribution is -2.35. The lowest BCUT2D eigenvalue weighted by Gasteiger charge is -2.31. The molecule has 1 N–H and O–H groups in total. The minimum atomic E-state index is -3.62. The fourth-order valence-corrected chi connectivity index (χ4v) is 5.90. The number of benzene rings is 3. The molecule has 0 radical (unpaired) electrons. The van der Waals surface area contributed by atoms with Crippen LogP contribution < -0.4 is 9.62 Å². The Balaban J connectivity index is 1.63. The van der Waals surface area contributed by atoms with Gasteiger partial charge in [0.15, 0.2) is 0 Å². The summed E-state index contributed by atoms with van der Waals surface area (Å²) >= 11 is 0. The van der Waals surface area contributed by atoms with Gasteiger partial charge in [-0.2, -0.15) is 0 Å². The Labute approximate surface area is 183 Å². The van der Waals surface area contributed by atoms with E-state index in [-0.39, 0.29) is 10.8 Å². The van der Waals surface area contributed by atoms with Crippen molar-refractivity contribution in [3.63, 3.8) is 0 Å². The Morgan fingerprint density at radius 2 is 1.61 bits per heavy atom. The second-order valence-corrected chi connectivity index (χ2v) is 9.93. The Morgan fingerprint density at radius 3 is 2.29 bits per heavy atom. The van der Waals surface area contributed by atoms with Gasteiger partial charge in [-0.1, -0.05) is 35.9 Å². The fourth-order valence-electron chi connectivity index (χ4n) is 4.34. The second-order valence-electron chi connectivity index (χ2n) is 8.07. The van der Waals surface area contributed by atoms with Gasteiger partial charge in [-0.25, -0.2) is 8.42 Å². The minimum Gasteiger partial charge on any atom is -0.322 e. The Bertz CT molecular complexity index is 1230. The van der Waals surface area contributed by atoms with Crippen LogP contribution in [-0.4, -0.2) is 20.9 Å². The molecule has 0 unspecified atom stereocenters. The molecule has 3 aromatic carbocycles. The van der Waals surface area contributed by atoms with Gasteiger partial charge in [-0.3, -0.25) is 9.10 Å². The molecule has 0 aromatic heterocycles. The highest BCUT2D eigenvalue weighted by atomic mass is 32.2. The van der Waals surface area contributed by atoms with Crippen molar-refractivity contribution in [1.82, 2.24) is 0 Å². The summed E-state index contributed by atoms with van der Waals surface area (Å²) in [5.41, 5.74) is 5.94. The molecule has 1 amide bonds. The number of rotatable bonds is 4. The molecule has 31 heavy (non-hydrogen) atoms. The molecule has 6 heteroatoms. The van der Waals surface area contributed by atoms with Gasteiger partial charge in [-0.15, -0.1) is 0 Å². The minimum absolute atomic E-state index is 0.153. The summed E-state index contributed by atoms with van der Waals surface area (Å²) in [6, 6.07) is 17.9. The van der Waals surface area contributed by atoms with Crippen LogP contribution in [0.1, 0.15) is 39.0 Å². The maximum absolute atomic E-state index is 13.2. The Kier molecular flexibility index (Phi) is 5.58. The molecule has 0 spiro atoms. The first-order valence-corrected chi connectivity index (χ1v) is 11.8. The lowest BCUT2D eigenvalue weighted by atomic mass is 9.99. The van der Waals surface area contributed by atoms with Crippen LogP contribution in [0.25, 0.3) is 0 Å². The number of sulfonamides is 1. The number of carbonyl (C=O) groups is 1. The number of aryl methyl sites for hydroxylation is 4. The highest BCUT2D eigenvalue weighted by Gasteiger charge is 2.29. The van der Waals surface area contributed by atoms with Crippen molar-refractivity contribution >= 4 is 27.3 Å². The highest BCUT2D eigenvalue weighted by molar-refractivity contribution is 7.92. The molecular formula is C25H26N2O3S. The monoisotopic (exact) mass is 434 g/mol. The summed E-state index contributed by atoms with van der Waals surface area (Å²) in [6.07, 6.45) is 1.50. The fraction of sp³-hybridized carbons (Fsp3) is 0.240. The van der Waals surface area contributed by atoms with Crippen molar-refractivity contribution in [2.75, 3.05) is 16.2 Å². The molecule has 0 atom stereocenters. The molecule has 0 bridgehead atoms. The van der Waals surface area contributed by atoms with Crippen molar-refractivity contribution in [3.8, 4) is 0 Å². The molecule has 1 heterocycles. The van der Waals surface area contributed by atoms with Crippen LogP contribution in [-0.2, 0) is 16.4 Å². The molecule has 4 rings (SSSR count). The molecule has 0 aliphatic carbocycles. The van der Waals surface area contributed by atoms with Crippen LogP contribution in [0.15, 0.2) is 65.6 Å². The van der Waals surface area contributed by atoms with E-state index in [9.17, 15) is 13.2 Å².